The number of fused-ring (bicyclic) bond motifs is 4. The van der Waals surface area contributed by atoms with E-state index in [4.69, 9.17) is 15.2 Å². The molecule has 28 heavy (non-hydrogen) atoms. The number of nitrogens with two attached hydrogens (primary N) is 1. The van der Waals surface area contributed by atoms with Gasteiger partial charge in [-0.1, -0.05) is 25.1 Å². The molecule has 1 aromatic heterocycles. The van der Waals surface area contributed by atoms with Crippen LogP contribution in [0.5, 0.6) is 11.5 Å². The number of benzene rings is 2. The van der Waals surface area contributed by atoms with Crippen molar-refractivity contribution < 1.29 is 9.47 Å². The average Bonchev–Trinajstić information content (AvgIpc) is 3.31. The smallest absolute Gasteiger partial charge is 0.231 e. The van der Waals surface area contributed by atoms with Gasteiger partial charge in [-0.2, -0.15) is 5.26 Å². The van der Waals surface area contributed by atoms with E-state index in [0.717, 1.165) is 34.5 Å². The van der Waals surface area contributed by atoms with E-state index >= 15 is 0 Å². The third-order valence-corrected chi connectivity index (χ3v) is 5.36. The van der Waals surface area contributed by atoms with Crippen molar-refractivity contribution in [3.63, 3.8) is 0 Å². The fourth-order valence-corrected chi connectivity index (χ4v) is 3.97. The molecule has 0 fully saturated rings. The Bertz CT molecular complexity index is 1160. The monoisotopic (exact) mass is 373 g/mol. The molecule has 0 radical (unpaired) electrons. The molecule has 0 bridgehead atoms. The van der Waals surface area contributed by atoms with Crippen molar-refractivity contribution in [2.45, 2.75) is 19.4 Å². The van der Waals surface area contributed by atoms with Crippen molar-refractivity contribution in [1.82, 2.24) is 9.55 Å². The summed E-state index contributed by atoms with van der Waals surface area (Å²) >= 11 is 0. The summed E-state index contributed by atoms with van der Waals surface area (Å²) in [4.78, 5) is 4.65. The molecule has 0 saturated carbocycles. The highest BCUT2D eigenvalue weighted by molar-refractivity contribution is 5.85. The summed E-state index contributed by atoms with van der Waals surface area (Å²) in [5, 5.41) is 13.2. The summed E-state index contributed by atoms with van der Waals surface area (Å²) in [5.74, 6) is 2.75. The largest absolute Gasteiger partial charge is 0.454 e. The number of imidazole rings is 1. The first-order chi connectivity index (χ1) is 13.7. The molecule has 0 unspecified atom stereocenters. The zero-order chi connectivity index (χ0) is 19.3. The summed E-state index contributed by atoms with van der Waals surface area (Å²) < 4.78 is 12.7. The zero-order valence-corrected chi connectivity index (χ0v) is 15.3. The lowest BCUT2D eigenvalue weighted by molar-refractivity contribution is 0.174. The molecular formula is C21H19N5O2. The van der Waals surface area contributed by atoms with E-state index in [1.54, 1.807) is 0 Å². The zero-order valence-electron chi connectivity index (χ0n) is 15.3. The summed E-state index contributed by atoms with van der Waals surface area (Å²) in [7, 11) is 0. The molecule has 140 valence electrons. The molecule has 2 atom stereocenters. The Morgan fingerprint density at radius 3 is 2.96 bits per heavy atom. The fraction of sp³-hybridized carbons (Fsp3) is 0.238. The molecule has 2 aliphatic heterocycles. The van der Waals surface area contributed by atoms with Crippen LogP contribution in [0.25, 0.3) is 16.9 Å². The minimum atomic E-state index is -0.222. The molecular weight excluding hydrogens is 354 g/mol. The van der Waals surface area contributed by atoms with Crippen LogP contribution < -0.4 is 20.5 Å². The molecule has 5 rings (SSSR count). The maximum atomic E-state index is 9.81. The number of nitrogens with zero attached hydrogens (tertiary/aromatic N) is 3. The number of hydrogen-bond acceptors (Lipinski definition) is 6. The Kier molecular flexibility index (Phi) is 3.66. The summed E-state index contributed by atoms with van der Waals surface area (Å²) in [6.07, 6.45) is 0.757. The van der Waals surface area contributed by atoms with Crippen LogP contribution in [0.2, 0.25) is 0 Å². The van der Waals surface area contributed by atoms with Crippen molar-refractivity contribution in [2.75, 3.05) is 12.1 Å². The highest BCUT2D eigenvalue weighted by Gasteiger charge is 2.32. The Labute approximate surface area is 162 Å². The van der Waals surface area contributed by atoms with Crippen LogP contribution in [0, 0.1) is 17.2 Å². The van der Waals surface area contributed by atoms with Crippen LogP contribution in [0.4, 0.5) is 5.95 Å². The number of nitriles is 1. The van der Waals surface area contributed by atoms with Gasteiger partial charge in [0.1, 0.15) is 11.9 Å². The predicted molar refractivity (Wildman–Crippen MR) is 106 cm³/mol. The number of anilines is 1. The second-order valence-corrected chi connectivity index (χ2v) is 7.16. The normalized spacial score (nSPS) is 18.5. The van der Waals surface area contributed by atoms with Gasteiger partial charge in [-0.3, -0.25) is 4.57 Å². The summed E-state index contributed by atoms with van der Waals surface area (Å²) in [6.45, 7) is 2.36. The number of rotatable bonds is 3. The number of para-hydroxylation sites is 2. The lowest BCUT2D eigenvalue weighted by Gasteiger charge is -2.30. The van der Waals surface area contributed by atoms with Gasteiger partial charge in [-0.15, -0.1) is 0 Å². The van der Waals surface area contributed by atoms with Crippen molar-refractivity contribution in [3.8, 4) is 17.6 Å². The van der Waals surface area contributed by atoms with Gasteiger partial charge in [0.25, 0.3) is 0 Å². The number of nitrogens with one attached hydrogen (secondary N) is 1. The molecule has 0 aliphatic carbocycles. The van der Waals surface area contributed by atoms with Crippen LogP contribution in [-0.2, 0) is 6.42 Å². The Morgan fingerprint density at radius 2 is 2.11 bits per heavy atom. The molecule has 7 heteroatoms. The van der Waals surface area contributed by atoms with Crippen LogP contribution in [0.1, 0.15) is 12.5 Å². The van der Waals surface area contributed by atoms with Crippen LogP contribution in [-0.4, -0.2) is 22.4 Å². The standard InChI is InChI=1S/C21H19N5O2/c1-12(8-13-6-7-17-18(9-13)28-11-27-17)19-14(10-22)20(23)26-16-5-3-2-4-15(16)24-21(26)25-19/h2-7,9,12,19H,8,11,23H2,1H3,(H,24,25)/t12-,19-/m0/s1. The van der Waals surface area contributed by atoms with E-state index in [1.807, 2.05) is 47.0 Å². The topological polar surface area (TPSA) is 98.1 Å². The number of hydrogen-bond donors (Lipinski definition) is 2. The first-order valence-corrected chi connectivity index (χ1v) is 9.18. The number of aromatic nitrogens is 2. The maximum Gasteiger partial charge on any atom is 0.231 e. The molecule has 0 amide bonds. The van der Waals surface area contributed by atoms with E-state index < -0.39 is 0 Å². The minimum Gasteiger partial charge on any atom is -0.454 e. The minimum absolute atomic E-state index is 0.113. The van der Waals surface area contributed by atoms with E-state index in [2.05, 4.69) is 23.3 Å². The second kappa shape index (κ2) is 6.20. The van der Waals surface area contributed by atoms with Crippen molar-refractivity contribution in [1.29, 1.82) is 5.26 Å². The number of ether oxygens (including phenoxy) is 2. The molecule has 0 saturated heterocycles. The Hall–Kier alpha value is -3.66. The Balaban J connectivity index is 1.48. The fourth-order valence-electron chi connectivity index (χ4n) is 3.97. The van der Waals surface area contributed by atoms with Gasteiger partial charge >= 0.3 is 0 Å². The van der Waals surface area contributed by atoms with E-state index in [9.17, 15) is 5.26 Å². The molecule has 3 aromatic rings. The molecule has 0 spiro atoms. The molecule has 3 N–H and O–H groups in total. The van der Waals surface area contributed by atoms with Gasteiger partial charge in [-0.25, -0.2) is 4.98 Å². The third kappa shape index (κ3) is 2.46. The second-order valence-electron chi connectivity index (χ2n) is 7.16. The van der Waals surface area contributed by atoms with Crippen molar-refractivity contribution >= 4 is 22.8 Å². The molecule has 2 aliphatic rings. The van der Waals surface area contributed by atoms with E-state index in [-0.39, 0.29) is 18.8 Å². The van der Waals surface area contributed by atoms with Gasteiger partial charge in [0.2, 0.25) is 12.7 Å². The van der Waals surface area contributed by atoms with Crippen LogP contribution in [0.15, 0.2) is 48.0 Å². The van der Waals surface area contributed by atoms with Gasteiger partial charge in [0.15, 0.2) is 11.5 Å². The predicted octanol–water partition coefficient (Wildman–Crippen LogP) is 3.09. The van der Waals surface area contributed by atoms with Crippen LogP contribution >= 0.6 is 0 Å². The third-order valence-electron chi connectivity index (χ3n) is 5.36. The summed E-state index contributed by atoms with van der Waals surface area (Å²) in [5.41, 5.74) is 9.79. The molecule has 2 aromatic carbocycles. The highest BCUT2D eigenvalue weighted by atomic mass is 16.7. The SMILES string of the molecule is C[C@@H](Cc1ccc2c(c1)OCO2)[C@@H]1Nc2nc3ccccc3n2C(N)=C1C#N. The van der Waals surface area contributed by atoms with E-state index in [0.29, 0.717) is 17.3 Å². The van der Waals surface area contributed by atoms with Gasteiger partial charge in [0.05, 0.1) is 22.6 Å². The molecule has 7 nitrogen and oxygen atoms in total. The average molecular weight is 373 g/mol. The van der Waals surface area contributed by atoms with Crippen LogP contribution in [0.3, 0.4) is 0 Å². The van der Waals surface area contributed by atoms with E-state index in [1.165, 1.54) is 0 Å². The maximum absolute atomic E-state index is 9.81. The van der Waals surface area contributed by atoms with Gasteiger partial charge in [0, 0.05) is 0 Å². The quantitative estimate of drug-likeness (QED) is 0.732. The first kappa shape index (κ1) is 16.5. The Morgan fingerprint density at radius 1 is 1.29 bits per heavy atom. The lowest BCUT2D eigenvalue weighted by atomic mass is 9.88. The lowest BCUT2D eigenvalue weighted by Crippen LogP contribution is -2.37. The van der Waals surface area contributed by atoms with Gasteiger partial charge in [-0.05, 0) is 42.2 Å². The molecule has 3 heterocycles. The summed E-state index contributed by atoms with van der Waals surface area (Å²) in [6, 6.07) is 15.8. The highest BCUT2D eigenvalue weighted by Crippen LogP contribution is 2.35. The van der Waals surface area contributed by atoms with Crippen molar-refractivity contribution in [3.05, 3.63) is 53.6 Å². The first-order valence-electron chi connectivity index (χ1n) is 9.18. The van der Waals surface area contributed by atoms with Gasteiger partial charge < -0.3 is 20.5 Å². The van der Waals surface area contributed by atoms with Crippen molar-refractivity contribution in [2.24, 2.45) is 11.7 Å².